The highest BCUT2D eigenvalue weighted by Crippen LogP contribution is 2.16. The molecule has 0 aliphatic carbocycles. The van der Waals surface area contributed by atoms with Crippen molar-refractivity contribution in [2.45, 2.75) is 26.3 Å². The number of rotatable bonds is 4. The maximum absolute atomic E-state index is 12.2. The van der Waals surface area contributed by atoms with Gasteiger partial charge in [0, 0.05) is 44.3 Å². The highest BCUT2D eigenvalue weighted by Gasteiger charge is 2.23. The Morgan fingerprint density at radius 2 is 1.75 bits per heavy atom. The Kier molecular flexibility index (Phi) is 5.01. The first kappa shape index (κ1) is 14.9. The lowest BCUT2D eigenvalue weighted by Gasteiger charge is -2.36. The van der Waals surface area contributed by atoms with Crippen LogP contribution in [0.1, 0.15) is 20.3 Å². The van der Waals surface area contributed by atoms with Crippen LogP contribution in [0, 0.1) is 5.92 Å². The molecule has 20 heavy (non-hydrogen) atoms. The second-order valence-corrected chi connectivity index (χ2v) is 5.82. The van der Waals surface area contributed by atoms with E-state index in [-0.39, 0.29) is 11.9 Å². The van der Waals surface area contributed by atoms with E-state index in [2.05, 4.69) is 43.0 Å². The average molecular weight is 275 g/mol. The van der Waals surface area contributed by atoms with Crippen molar-refractivity contribution >= 4 is 11.6 Å². The standard InChI is InChI=1S/C16H25N3O/c1-13(2)15(17)12-16(20)19-10-8-18(9-11-19)14-6-4-3-5-7-14/h3-7,13,15H,8-12,17H2,1-2H3. The molecule has 2 rings (SSSR count). The van der Waals surface area contributed by atoms with E-state index in [0.717, 1.165) is 26.2 Å². The van der Waals surface area contributed by atoms with Crippen LogP contribution in [-0.2, 0) is 4.79 Å². The fraction of sp³-hybridized carbons (Fsp3) is 0.562. The summed E-state index contributed by atoms with van der Waals surface area (Å²) in [5.41, 5.74) is 7.22. The van der Waals surface area contributed by atoms with Crippen LogP contribution in [-0.4, -0.2) is 43.0 Å². The Morgan fingerprint density at radius 1 is 1.15 bits per heavy atom. The summed E-state index contributed by atoms with van der Waals surface area (Å²) in [6.45, 7) is 7.49. The van der Waals surface area contributed by atoms with E-state index in [1.165, 1.54) is 5.69 Å². The van der Waals surface area contributed by atoms with Gasteiger partial charge >= 0.3 is 0 Å². The van der Waals surface area contributed by atoms with Crippen molar-refractivity contribution in [3.63, 3.8) is 0 Å². The Bertz CT molecular complexity index is 425. The molecule has 1 saturated heterocycles. The van der Waals surface area contributed by atoms with Crippen molar-refractivity contribution in [2.24, 2.45) is 11.7 Å². The summed E-state index contributed by atoms with van der Waals surface area (Å²) in [4.78, 5) is 16.5. The highest BCUT2D eigenvalue weighted by atomic mass is 16.2. The van der Waals surface area contributed by atoms with Gasteiger partial charge in [-0.2, -0.15) is 0 Å². The molecule has 1 aliphatic heterocycles. The lowest BCUT2D eigenvalue weighted by molar-refractivity contribution is -0.132. The minimum absolute atomic E-state index is 0.0327. The summed E-state index contributed by atoms with van der Waals surface area (Å²) in [5.74, 6) is 0.545. The molecule has 110 valence electrons. The van der Waals surface area contributed by atoms with Crippen LogP contribution in [0.5, 0.6) is 0 Å². The molecule has 0 aromatic heterocycles. The normalized spacial score (nSPS) is 17.4. The molecule has 1 aliphatic rings. The van der Waals surface area contributed by atoms with E-state index < -0.39 is 0 Å². The van der Waals surface area contributed by atoms with Crippen molar-refractivity contribution in [1.29, 1.82) is 0 Å². The summed E-state index contributed by atoms with van der Waals surface area (Å²) in [5, 5.41) is 0. The first-order valence-electron chi connectivity index (χ1n) is 7.41. The summed E-state index contributed by atoms with van der Waals surface area (Å²) in [7, 11) is 0. The number of hydrogen-bond acceptors (Lipinski definition) is 3. The largest absolute Gasteiger partial charge is 0.368 e. The number of para-hydroxylation sites is 1. The minimum Gasteiger partial charge on any atom is -0.368 e. The van der Waals surface area contributed by atoms with E-state index in [9.17, 15) is 4.79 Å². The molecule has 0 saturated carbocycles. The maximum Gasteiger partial charge on any atom is 0.224 e. The monoisotopic (exact) mass is 275 g/mol. The van der Waals surface area contributed by atoms with Gasteiger partial charge in [-0.15, -0.1) is 0 Å². The Labute approximate surface area is 121 Å². The van der Waals surface area contributed by atoms with E-state index in [1.54, 1.807) is 0 Å². The molecular weight excluding hydrogens is 250 g/mol. The molecule has 0 spiro atoms. The second-order valence-electron chi connectivity index (χ2n) is 5.82. The van der Waals surface area contributed by atoms with Gasteiger partial charge in [0.05, 0.1) is 0 Å². The van der Waals surface area contributed by atoms with E-state index in [4.69, 9.17) is 5.73 Å². The number of carbonyl (C=O) groups is 1. The number of piperazine rings is 1. The third kappa shape index (κ3) is 3.73. The summed E-state index contributed by atoms with van der Waals surface area (Å²) >= 11 is 0. The van der Waals surface area contributed by atoms with Crippen LogP contribution in [0.3, 0.4) is 0 Å². The number of nitrogens with two attached hydrogens (primary N) is 1. The molecule has 0 radical (unpaired) electrons. The van der Waals surface area contributed by atoms with Gasteiger partial charge in [0.1, 0.15) is 0 Å². The van der Waals surface area contributed by atoms with Gasteiger partial charge in [-0.1, -0.05) is 32.0 Å². The van der Waals surface area contributed by atoms with E-state index in [0.29, 0.717) is 12.3 Å². The van der Waals surface area contributed by atoms with E-state index in [1.807, 2.05) is 11.0 Å². The topological polar surface area (TPSA) is 49.6 Å². The first-order chi connectivity index (χ1) is 9.58. The molecule has 4 nitrogen and oxygen atoms in total. The number of anilines is 1. The lowest BCUT2D eigenvalue weighted by atomic mass is 10.0. The van der Waals surface area contributed by atoms with Crippen LogP contribution >= 0.6 is 0 Å². The molecule has 2 N–H and O–H groups in total. The molecule has 1 atom stereocenters. The minimum atomic E-state index is -0.0327. The van der Waals surface area contributed by atoms with Crippen molar-refractivity contribution in [2.75, 3.05) is 31.1 Å². The summed E-state index contributed by atoms with van der Waals surface area (Å²) < 4.78 is 0. The van der Waals surface area contributed by atoms with Gasteiger partial charge in [-0.05, 0) is 18.1 Å². The summed E-state index contributed by atoms with van der Waals surface area (Å²) in [6.07, 6.45) is 0.461. The van der Waals surface area contributed by atoms with Crippen LogP contribution in [0.4, 0.5) is 5.69 Å². The van der Waals surface area contributed by atoms with Gasteiger partial charge < -0.3 is 15.5 Å². The second kappa shape index (κ2) is 6.75. The third-order valence-electron chi connectivity index (χ3n) is 4.02. The zero-order chi connectivity index (χ0) is 14.5. The summed E-state index contributed by atoms with van der Waals surface area (Å²) in [6, 6.07) is 10.3. The lowest BCUT2D eigenvalue weighted by Crippen LogP contribution is -2.50. The molecule has 0 bridgehead atoms. The predicted molar refractivity (Wildman–Crippen MR) is 82.7 cm³/mol. The number of carbonyl (C=O) groups excluding carboxylic acids is 1. The predicted octanol–water partition coefficient (Wildman–Crippen LogP) is 1.71. The van der Waals surface area contributed by atoms with Gasteiger partial charge in [0.25, 0.3) is 0 Å². The average Bonchev–Trinajstić information content (AvgIpc) is 2.48. The Hall–Kier alpha value is -1.55. The molecule has 1 aromatic carbocycles. The number of benzene rings is 1. The van der Waals surface area contributed by atoms with Crippen molar-refractivity contribution < 1.29 is 4.79 Å². The third-order valence-corrected chi connectivity index (χ3v) is 4.02. The smallest absolute Gasteiger partial charge is 0.224 e. The van der Waals surface area contributed by atoms with E-state index >= 15 is 0 Å². The van der Waals surface area contributed by atoms with Crippen molar-refractivity contribution in [3.05, 3.63) is 30.3 Å². The maximum atomic E-state index is 12.2. The first-order valence-corrected chi connectivity index (χ1v) is 7.41. The molecule has 1 aromatic rings. The fourth-order valence-electron chi connectivity index (χ4n) is 2.42. The van der Waals surface area contributed by atoms with Gasteiger partial charge in [0.15, 0.2) is 0 Å². The Balaban J connectivity index is 1.84. The van der Waals surface area contributed by atoms with Crippen LogP contribution in [0.2, 0.25) is 0 Å². The zero-order valence-electron chi connectivity index (χ0n) is 12.5. The molecule has 1 fully saturated rings. The van der Waals surface area contributed by atoms with Crippen LogP contribution < -0.4 is 10.6 Å². The van der Waals surface area contributed by atoms with Gasteiger partial charge in [-0.3, -0.25) is 4.79 Å². The number of hydrogen-bond donors (Lipinski definition) is 1. The van der Waals surface area contributed by atoms with Gasteiger partial charge in [-0.25, -0.2) is 0 Å². The molecule has 1 unspecified atom stereocenters. The molecular formula is C16H25N3O. The van der Waals surface area contributed by atoms with Crippen molar-refractivity contribution in [3.8, 4) is 0 Å². The molecule has 1 heterocycles. The van der Waals surface area contributed by atoms with Crippen molar-refractivity contribution in [1.82, 2.24) is 4.90 Å². The Morgan fingerprint density at radius 3 is 2.30 bits per heavy atom. The van der Waals surface area contributed by atoms with Crippen LogP contribution in [0.25, 0.3) is 0 Å². The zero-order valence-corrected chi connectivity index (χ0v) is 12.5. The molecule has 4 heteroatoms. The fourth-order valence-corrected chi connectivity index (χ4v) is 2.42. The van der Waals surface area contributed by atoms with Gasteiger partial charge in [0.2, 0.25) is 5.91 Å². The number of amides is 1. The van der Waals surface area contributed by atoms with Crippen LogP contribution in [0.15, 0.2) is 30.3 Å². The molecule has 1 amide bonds. The highest BCUT2D eigenvalue weighted by molar-refractivity contribution is 5.77. The SMILES string of the molecule is CC(C)C(N)CC(=O)N1CCN(c2ccccc2)CC1. The number of nitrogens with zero attached hydrogens (tertiary/aromatic N) is 2. The quantitative estimate of drug-likeness (QED) is 0.910.